The molecule has 1 saturated heterocycles. The van der Waals surface area contributed by atoms with Crippen molar-refractivity contribution in [1.82, 2.24) is 15.1 Å². The molecule has 1 aromatic heterocycles. The highest BCUT2D eigenvalue weighted by Crippen LogP contribution is 2.35. The van der Waals surface area contributed by atoms with Crippen LogP contribution in [0.4, 0.5) is 0 Å². The zero-order chi connectivity index (χ0) is 18.8. The fourth-order valence-corrected chi connectivity index (χ4v) is 3.74. The van der Waals surface area contributed by atoms with Crippen LogP contribution in [0.2, 0.25) is 0 Å². The highest BCUT2D eigenvalue weighted by atomic mass is 16.4. The topological polar surface area (TPSA) is 86.3 Å². The highest BCUT2D eigenvalue weighted by Gasteiger charge is 2.40. The molecule has 2 heterocycles. The zero-order valence-electron chi connectivity index (χ0n) is 15.5. The van der Waals surface area contributed by atoms with Gasteiger partial charge in [0, 0.05) is 37.5 Å². The summed E-state index contributed by atoms with van der Waals surface area (Å²) >= 11 is 0. The van der Waals surface area contributed by atoms with Crippen LogP contribution < -0.4 is 0 Å². The van der Waals surface area contributed by atoms with Crippen molar-refractivity contribution in [3.8, 4) is 0 Å². The number of amides is 1. The first-order valence-corrected chi connectivity index (χ1v) is 8.95. The Kier molecular flexibility index (Phi) is 5.11. The number of nitrogens with zero attached hydrogens (tertiary/aromatic N) is 2. The first kappa shape index (κ1) is 18.2. The quantitative estimate of drug-likeness (QED) is 0.863. The predicted octanol–water partition coefficient (Wildman–Crippen LogP) is 2.59. The summed E-state index contributed by atoms with van der Waals surface area (Å²) in [5, 5.41) is 16.8. The molecule has 6 nitrogen and oxygen atoms in total. The van der Waals surface area contributed by atoms with E-state index in [-0.39, 0.29) is 18.4 Å². The standard InChI is InChI=1S/C20H25N3O3/c1-12-6-4-5-7-15(12)16-10-23(11-17(16)20(25)26)19(24)9-8-18-13(2)14(3)21-22-18/h4-7,16-17H,8-11H2,1-3H3,(H,21,22)(H,25,26)/t16-,17+/m0/s1. The average molecular weight is 355 g/mol. The van der Waals surface area contributed by atoms with Crippen LogP contribution in [0.15, 0.2) is 24.3 Å². The maximum atomic E-state index is 12.7. The van der Waals surface area contributed by atoms with Gasteiger partial charge in [-0.3, -0.25) is 14.7 Å². The number of carbonyl (C=O) groups is 2. The molecule has 0 radical (unpaired) electrons. The Morgan fingerprint density at radius 3 is 2.58 bits per heavy atom. The highest BCUT2D eigenvalue weighted by molar-refractivity contribution is 5.80. The summed E-state index contributed by atoms with van der Waals surface area (Å²) in [6, 6.07) is 7.83. The number of carboxylic acid groups (broad SMARTS) is 1. The second-order valence-corrected chi connectivity index (χ2v) is 7.13. The van der Waals surface area contributed by atoms with Crippen molar-refractivity contribution < 1.29 is 14.7 Å². The van der Waals surface area contributed by atoms with E-state index in [2.05, 4.69) is 10.2 Å². The molecule has 26 heavy (non-hydrogen) atoms. The number of hydrogen-bond donors (Lipinski definition) is 2. The number of H-pyrrole nitrogens is 1. The lowest BCUT2D eigenvalue weighted by molar-refractivity contribution is -0.141. The number of likely N-dealkylation sites (tertiary alicyclic amines) is 1. The third kappa shape index (κ3) is 3.49. The van der Waals surface area contributed by atoms with Crippen LogP contribution in [0.5, 0.6) is 0 Å². The van der Waals surface area contributed by atoms with Crippen LogP contribution in [-0.2, 0) is 16.0 Å². The molecule has 0 unspecified atom stereocenters. The summed E-state index contributed by atoms with van der Waals surface area (Å²) in [5.41, 5.74) is 5.09. The molecule has 3 rings (SSSR count). The molecule has 2 atom stereocenters. The number of aromatic nitrogens is 2. The molecule has 0 aliphatic carbocycles. The number of hydrogen-bond acceptors (Lipinski definition) is 3. The van der Waals surface area contributed by atoms with Gasteiger partial charge in [-0.25, -0.2) is 0 Å². The third-order valence-electron chi connectivity index (χ3n) is 5.51. The molecule has 1 amide bonds. The van der Waals surface area contributed by atoms with Gasteiger partial charge in [0.05, 0.1) is 11.6 Å². The van der Waals surface area contributed by atoms with Gasteiger partial charge >= 0.3 is 5.97 Å². The molecular formula is C20H25N3O3. The number of aryl methyl sites for hydroxylation is 3. The Balaban J connectivity index is 1.71. The van der Waals surface area contributed by atoms with Crippen molar-refractivity contribution in [1.29, 1.82) is 0 Å². The Labute approximate surface area is 153 Å². The van der Waals surface area contributed by atoms with Crippen molar-refractivity contribution in [2.24, 2.45) is 5.92 Å². The molecule has 138 valence electrons. The van der Waals surface area contributed by atoms with E-state index < -0.39 is 11.9 Å². The SMILES string of the molecule is Cc1ccccc1[C@@H]1CN(C(=O)CCc2n[nH]c(C)c2C)C[C@H]1C(=O)O. The van der Waals surface area contributed by atoms with Gasteiger partial charge in [0.1, 0.15) is 0 Å². The van der Waals surface area contributed by atoms with E-state index in [9.17, 15) is 14.7 Å². The molecule has 1 aliphatic heterocycles. The molecule has 0 bridgehead atoms. The fraction of sp³-hybridized carbons (Fsp3) is 0.450. The Hall–Kier alpha value is -2.63. The molecule has 1 fully saturated rings. The second-order valence-electron chi connectivity index (χ2n) is 7.13. The number of benzene rings is 1. The molecule has 1 aromatic carbocycles. The number of aromatic amines is 1. The van der Waals surface area contributed by atoms with Crippen molar-refractivity contribution >= 4 is 11.9 Å². The normalized spacial score (nSPS) is 19.7. The Bertz CT molecular complexity index is 827. The molecule has 6 heteroatoms. The van der Waals surface area contributed by atoms with E-state index in [1.807, 2.05) is 45.0 Å². The van der Waals surface area contributed by atoms with Crippen LogP contribution in [0.25, 0.3) is 0 Å². The predicted molar refractivity (Wildman–Crippen MR) is 98.0 cm³/mol. The Morgan fingerprint density at radius 1 is 1.23 bits per heavy atom. The molecular weight excluding hydrogens is 330 g/mol. The molecule has 0 saturated carbocycles. The number of carboxylic acids is 1. The molecule has 1 aliphatic rings. The fourth-order valence-electron chi connectivity index (χ4n) is 3.74. The summed E-state index contributed by atoms with van der Waals surface area (Å²) in [5.74, 6) is -1.57. The summed E-state index contributed by atoms with van der Waals surface area (Å²) in [6.07, 6.45) is 0.913. The first-order valence-electron chi connectivity index (χ1n) is 8.95. The van der Waals surface area contributed by atoms with E-state index in [1.54, 1.807) is 4.90 Å². The second kappa shape index (κ2) is 7.32. The molecule has 2 N–H and O–H groups in total. The Morgan fingerprint density at radius 2 is 1.96 bits per heavy atom. The summed E-state index contributed by atoms with van der Waals surface area (Å²) < 4.78 is 0. The summed E-state index contributed by atoms with van der Waals surface area (Å²) in [6.45, 7) is 6.66. The number of carbonyl (C=O) groups excluding carboxylic acids is 1. The van der Waals surface area contributed by atoms with Crippen molar-refractivity contribution in [3.05, 3.63) is 52.3 Å². The lowest BCUT2D eigenvalue weighted by Crippen LogP contribution is -2.30. The van der Waals surface area contributed by atoms with Crippen LogP contribution in [-0.4, -0.2) is 45.2 Å². The van der Waals surface area contributed by atoms with E-state index >= 15 is 0 Å². The number of rotatable bonds is 5. The van der Waals surface area contributed by atoms with E-state index in [1.165, 1.54) is 0 Å². The van der Waals surface area contributed by atoms with Crippen LogP contribution in [0.3, 0.4) is 0 Å². The van der Waals surface area contributed by atoms with E-state index in [0.29, 0.717) is 19.4 Å². The minimum atomic E-state index is -0.840. The lowest BCUT2D eigenvalue weighted by atomic mass is 9.86. The minimum Gasteiger partial charge on any atom is -0.481 e. The number of aliphatic carboxylic acids is 1. The van der Waals surface area contributed by atoms with Crippen LogP contribution >= 0.6 is 0 Å². The first-order chi connectivity index (χ1) is 12.4. The maximum Gasteiger partial charge on any atom is 0.308 e. The van der Waals surface area contributed by atoms with E-state index in [0.717, 1.165) is 28.1 Å². The van der Waals surface area contributed by atoms with Crippen LogP contribution in [0, 0.1) is 26.7 Å². The van der Waals surface area contributed by atoms with Crippen molar-refractivity contribution in [3.63, 3.8) is 0 Å². The van der Waals surface area contributed by atoms with Crippen LogP contribution in [0.1, 0.15) is 40.4 Å². The largest absolute Gasteiger partial charge is 0.481 e. The minimum absolute atomic E-state index is 0.00705. The van der Waals surface area contributed by atoms with Gasteiger partial charge in [-0.2, -0.15) is 5.10 Å². The summed E-state index contributed by atoms with van der Waals surface area (Å²) in [4.78, 5) is 26.1. The van der Waals surface area contributed by atoms with Gasteiger partial charge in [-0.15, -0.1) is 0 Å². The molecule has 0 spiro atoms. The average Bonchev–Trinajstić information content (AvgIpc) is 3.19. The summed E-state index contributed by atoms with van der Waals surface area (Å²) in [7, 11) is 0. The number of nitrogens with one attached hydrogen (secondary N) is 1. The van der Waals surface area contributed by atoms with Gasteiger partial charge in [0.15, 0.2) is 0 Å². The van der Waals surface area contributed by atoms with Gasteiger partial charge in [-0.1, -0.05) is 24.3 Å². The van der Waals surface area contributed by atoms with E-state index in [4.69, 9.17) is 0 Å². The van der Waals surface area contributed by atoms with Gasteiger partial charge in [-0.05, 0) is 37.5 Å². The van der Waals surface area contributed by atoms with Crippen molar-refractivity contribution in [2.45, 2.75) is 39.5 Å². The van der Waals surface area contributed by atoms with Crippen molar-refractivity contribution in [2.75, 3.05) is 13.1 Å². The zero-order valence-corrected chi connectivity index (χ0v) is 15.5. The monoisotopic (exact) mass is 355 g/mol. The molecule has 2 aromatic rings. The van der Waals surface area contributed by atoms with Gasteiger partial charge in [0.2, 0.25) is 5.91 Å². The van der Waals surface area contributed by atoms with Gasteiger partial charge in [0.25, 0.3) is 0 Å². The van der Waals surface area contributed by atoms with Gasteiger partial charge < -0.3 is 10.0 Å². The lowest BCUT2D eigenvalue weighted by Gasteiger charge is -2.18. The third-order valence-corrected chi connectivity index (χ3v) is 5.51. The maximum absolute atomic E-state index is 12.7. The smallest absolute Gasteiger partial charge is 0.308 e.